The highest BCUT2D eigenvalue weighted by molar-refractivity contribution is 5.95. The normalized spacial score (nSPS) is 19.4. The molecule has 2 heterocycles. The van der Waals surface area contributed by atoms with E-state index in [0.29, 0.717) is 11.3 Å². The van der Waals surface area contributed by atoms with E-state index in [1.807, 2.05) is 6.07 Å². The third-order valence-corrected chi connectivity index (χ3v) is 2.96. The van der Waals surface area contributed by atoms with Crippen LogP contribution in [0.25, 0.3) is 0 Å². The Balaban J connectivity index is 2.46. The monoisotopic (exact) mass is 246 g/mol. The number of methoxy groups -OCH3 is 1. The van der Waals surface area contributed by atoms with Gasteiger partial charge < -0.3 is 10.1 Å². The van der Waals surface area contributed by atoms with Gasteiger partial charge in [0.05, 0.1) is 12.7 Å². The first-order valence-corrected chi connectivity index (χ1v) is 5.62. The van der Waals surface area contributed by atoms with Crippen LogP contribution >= 0.6 is 0 Å². The van der Waals surface area contributed by atoms with Gasteiger partial charge in [0.15, 0.2) is 0 Å². The predicted molar refractivity (Wildman–Crippen MR) is 64.5 cm³/mol. The van der Waals surface area contributed by atoms with Gasteiger partial charge in [-0.1, -0.05) is 6.07 Å². The number of amides is 1. The third-order valence-electron chi connectivity index (χ3n) is 2.96. The smallest absolute Gasteiger partial charge is 0.336 e. The molecule has 18 heavy (non-hydrogen) atoms. The Morgan fingerprint density at radius 3 is 2.94 bits per heavy atom. The Bertz CT molecular complexity index is 508. The molecule has 0 radical (unpaired) electrons. The summed E-state index contributed by atoms with van der Waals surface area (Å²) in [6.07, 6.45) is 3.55. The van der Waals surface area contributed by atoms with Crippen LogP contribution in [0.3, 0.4) is 0 Å². The first-order valence-electron chi connectivity index (χ1n) is 5.62. The van der Waals surface area contributed by atoms with Crippen LogP contribution in [0.15, 0.2) is 35.8 Å². The van der Waals surface area contributed by atoms with Crippen molar-refractivity contribution in [3.8, 4) is 0 Å². The number of nitrogens with one attached hydrogen (secondary N) is 1. The molecular weight excluding hydrogens is 232 g/mol. The topological polar surface area (TPSA) is 68.3 Å². The lowest BCUT2D eigenvalue weighted by Gasteiger charge is -2.25. The zero-order valence-electron chi connectivity index (χ0n) is 10.3. The molecule has 1 amide bonds. The summed E-state index contributed by atoms with van der Waals surface area (Å²) >= 11 is 0. The lowest BCUT2D eigenvalue weighted by atomic mass is 9.85. The molecule has 0 saturated carbocycles. The van der Waals surface area contributed by atoms with Crippen molar-refractivity contribution in [2.24, 2.45) is 0 Å². The Morgan fingerprint density at radius 2 is 2.33 bits per heavy atom. The van der Waals surface area contributed by atoms with Crippen molar-refractivity contribution < 1.29 is 14.3 Å². The molecule has 0 aliphatic carbocycles. The Hall–Kier alpha value is -2.17. The number of hydrogen-bond donors (Lipinski definition) is 1. The van der Waals surface area contributed by atoms with E-state index in [1.165, 1.54) is 7.11 Å². The van der Waals surface area contributed by atoms with Crippen LogP contribution in [0, 0.1) is 0 Å². The van der Waals surface area contributed by atoms with E-state index in [9.17, 15) is 9.59 Å². The van der Waals surface area contributed by atoms with Gasteiger partial charge in [-0.3, -0.25) is 9.78 Å². The number of rotatable bonds is 2. The van der Waals surface area contributed by atoms with Crippen molar-refractivity contribution in [1.82, 2.24) is 10.3 Å². The van der Waals surface area contributed by atoms with Crippen LogP contribution in [-0.4, -0.2) is 24.0 Å². The SMILES string of the molecule is COC(=O)C1=C(C)NC(=O)CC1c1cccnc1. The van der Waals surface area contributed by atoms with Gasteiger partial charge in [-0.15, -0.1) is 0 Å². The largest absolute Gasteiger partial charge is 0.466 e. The molecule has 5 nitrogen and oxygen atoms in total. The van der Waals surface area contributed by atoms with Gasteiger partial charge >= 0.3 is 5.97 Å². The highest BCUT2D eigenvalue weighted by Gasteiger charge is 2.32. The van der Waals surface area contributed by atoms with Crippen LogP contribution in [0.4, 0.5) is 0 Å². The highest BCUT2D eigenvalue weighted by Crippen LogP contribution is 2.32. The Labute approximate surface area is 105 Å². The second-order valence-corrected chi connectivity index (χ2v) is 4.12. The van der Waals surface area contributed by atoms with Crippen LogP contribution in [0.2, 0.25) is 0 Å². The van der Waals surface area contributed by atoms with E-state index in [1.54, 1.807) is 25.4 Å². The van der Waals surface area contributed by atoms with Gasteiger partial charge in [-0.05, 0) is 18.6 Å². The fraction of sp³-hybridized carbons (Fsp3) is 0.308. The third kappa shape index (κ3) is 2.25. The molecule has 5 heteroatoms. The van der Waals surface area contributed by atoms with Crippen molar-refractivity contribution in [2.45, 2.75) is 19.3 Å². The van der Waals surface area contributed by atoms with E-state index in [0.717, 1.165) is 5.56 Å². The van der Waals surface area contributed by atoms with Gasteiger partial charge in [0.2, 0.25) is 5.91 Å². The summed E-state index contributed by atoms with van der Waals surface area (Å²) in [6, 6.07) is 3.64. The van der Waals surface area contributed by atoms with Crippen LogP contribution < -0.4 is 5.32 Å². The zero-order valence-corrected chi connectivity index (χ0v) is 10.3. The van der Waals surface area contributed by atoms with Crippen molar-refractivity contribution in [3.63, 3.8) is 0 Å². The molecular formula is C13H14N2O3. The summed E-state index contributed by atoms with van der Waals surface area (Å²) < 4.78 is 4.78. The molecule has 2 rings (SSSR count). The lowest BCUT2D eigenvalue weighted by molar-refractivity contribution is -0.136. The predicted octanol–water partition coefficient (Wildman–Crippen LogP) is 1.13. The van der Waals surface area contributed by atoms with Crippen molar-refractivity contribution in [2.75, 3.05) is 7.11 Å². The second-order valence-electron chi connectivity index (χ2n) is 4.12. The van der Waals surface area contributed by atoms with Crippen LogP contribution in [-0.2, 0) is 14.3 Å². The number of allylic oxidation sites excluding steroid dienone is 1. The molecule has 1 aromatic heterocycles. The minimum absolute atomic E-state index is 0.103. The van der Waals surface area contributed by atoms with Crippen molar-refractivity contribution in [1.29, 1.82) is 0 Å². The first kappa shape index (κ1) is 12.3. The van der Waals surface area contributed by atoms with Gasteiger partial charge in [0.25, 0.3) is 0 Å². The molecule has 1 unspecified atom stereocenters. The van der Waals surface area contributed by atoms with E-state index in [4.69, 9.17) is 4.74 Å². The van der Waals surface area contributed by atoms with Crippen molar-refractivity contribution in [3.05, 3.63) is 41.4 Å². The fourth-order valence-corrected chi connectivity index (χ4v) is 2.15. The molecule has 1 aliphatic heterocycles. The van der Waals surface area contributed by atoms with Gasteiger partial charge in [-0.25, -0.2) is 4.79 Å². The van der Waals surface area contributed by atoms with E-state index in [-0.39, 0.29) is 18.2 Å². The molecule has 94 valence electrons. The number of pyridine rings is 1. The summed E-state index contributed by atoms with van der Waals surface area (Å²) in [5.41, 5.74) is 1.88. The number of carbonyl (C=O) groups is 2. The number of ether oxygens (including phenoxy) is 1. The standard InChI is InChI=1S/C13H14N2O3/c1-8-12(13(17)18-2)10(6-11(16)15-8)9-4-3-5-14-7-9/h3-5,7,10H,6H2,1-2H3,(H,15,16). The zero-order chi connectivity index (χ0) is 13.1. The number of nitrogens with zero attached hydrogens (tertiary/aromatic N) is 1. The van der Waals surface area contributed by atoms with Crippen LogP contribution in [0.5, 0.6) is 0 Å². The number of carbonyl (C=O) groups excluding carboxylic acids is 2. The average Bonchev–Trinajstić information content (AvgIpc) is 2.38. The summed E-state index contributed by atoms with van der Waals surface area (Å²) in [5, 5.41) is 2.66. The molecule has 0 bridgehead atoms. The average molecular weight is 246 g/mol. The van der Waals surface area contributed by atoms with Crippen LogP contribution in [0.1, 0.15) is 24.8 Å². The fourth-order valence-electron chi connectivity index (χ4n) is 2.15. The maximum Gasteiger partial charge on any atom is 0.336 e. The molecule has 1 atom stereocenters. The first-order chi connectivity index (χ1) is 8.63. The lowest BCUT2D eigenvalue weighted by Crippen LogP contribution is -2.34. The number of hydrogen-bond acceptors (Lipinski definition) is 4. The molecule has 1 N–H and O–H groups in total. The molecule has 1 aliphatic rings. The van der Waals surface area contributed by atoms with Gasteiger partial charge in [-0.2, -0.15) is 0 Å². The number of esters is 1. The van der Waals surface area contributed by atoms with Gasteiger partial charge in [0.1, 0.15) is 0 Å². The van der Waals surface area contributed by atoms with E-state index in [2.05, 4.69) is 10.3 Å². The Morgan fingerprint density at radius 1 is 1.56 bits per heavy atom. The molecule has 1 aromatic rings. The minimum Gasteiger partial charge on any atom is -0.466 e. The molecule has 0 aromatic carbocycles. The maximum absolute atomic E-state index is 11.8. The molecule has 0 spiro atoms. The van der Waals surface area contributed by atoms with E-state index >= 15 is 0 Å². The quantitative estimate of drug-likeness (QED) is 0.794. The van der Waals surface area contributed by atoms with Crippen molar-refractivity contribution >= 4 is 11.9 Å². The summed E-state index contributed by atoms with van der Waals surface area (Å²) in [7, 11) is 1.33. The maximum atomic E-state index is 11.8. The van der Waals surface area contributed by atoms with Gasteiger partial charge in [0, 0.05) is 30.4 Å². The highest BCUT2D eigenvalue weighted by atomic mass is 16.5. The van der Waals surface area contributed by atoms with E-state index < -0.39 is 5.97 Å². The molecule has 0 fully saturated rings. The summed E-state index contributed by atoms with van der Waals surface area (Å²) in [6.45, 7) is 1.70. The second kappa shape index (κ2) is 5.00. The minimum atomic E-state index is -0.415. The molecule has 0 saturated heterocycles. The summed E-state index contributed by atoms with van der Waals surface area (Å²) in [5.74, 6) is -0.810. The Kier molecular flexibility index (Phi) is 3.41. The number of aromatic nitrogens is 1. The summed E-state index contributed by atoms with van der Waals surface area (Å²) in [4.78, 5) is 27.4.